The minimum atomic E-state index is -0.410. The smallest absolute Gasteiger partial charge is 0.320 e. The number of ether oxygens (including phenoxy) is 1. The van der Waals surface area contributed by atoms with Crippen molar-refractivity contribution in [3.05, 3.63) is 30.1 Å². The van der Waals surface area contributed by atoms with Gasteiger partial charge < -0.3 is 4.74 Å². The maximum atomic E-state index is 13.2. The number of carbonyl (C=O) groups is 1. The molecule has 15 heavy (non-hydrogen) atoms. The van der Waals surface area contributed by atoms with Crippen LogP contribution >= 0.6 is 27.7 Å². The molecule has 0 aliphatic carbocycles. The van der Waals surface area contributed by atoms with Crippen molar-refractivity contribution in [1.29, 1.82) is 0 Å². The number of halogens is 2. The fraction of sp³-hybridized carbons (Fsp3) is 0.300. The number of esters is 1. The minimum Gasteiger partial charge on any atom is -0.468 e. The lowest BCUT2D eigenvalue weighted by Gasteiger charge is -2.07. The highest BCUT2D eigenvalue weighted by Crippen LogP contribution is 2.23. The van der Waals surface area contributed by atoms with Crippen LogP contribution in [0.15, 0.2) is 29.2 Å². The summed E-state index contributed by atoms with van der Waals surface area (Å²) in [6.07, 6.45) is 0. The molecule has 0 saturated heterocycles. The summed E-state index contributed by atoms with van der Waals surface area (Å²) in [6, 6.07) is 6.46. The highest BCUT2D eigenvalue weighted by Gasteiger charge is 2.15. The van der Waals surface area contributed by atoms with Gasteiger partial charge in [-0.05, 0) is 12.1 Å². The van der Waals surface area contributed by atoms with Crippen molar-refractivity contribution in [3.63, 3.8) is 0 Å². The molecule has 0 aliphatic rings. The van der Waals surface area contributed by atoms with E-state index < -0.39 is 4.83 Å². The summed E-state index contributed by atoms with van der Waals surface area (Å²) in [7, 11) is 1.32. The Hall–Kier alpha value is -0.550. The monoisotopic (exact) mass is 292 g/mol. The largest absolute Gasteiger partial charge is 0.468 e. The van der Waals surface area contributed by atoms with Crippen LogP contribution < -0.4 is 0 Å². The predicted octanol–water partition coefficient (Wildman–Crippen LogP) is 2.85. The van der Waals surface area contributed by atoms with Crippen LogP contribution in [-0.2, 0) is 9.53 Å². The normalized spacial score (nSPS) is 12.2. The first kappa shape index (κ1) is 12.5. The fourth-order valence-corrected chi connectivity index (χ4v) is 2.35. The average Bonchev–Trinajstić information content (AvgIpc) is 2.26. The van der Waals surface area contributed by atoms with E-state index in [0.717, 1.165) is 0 Å². The van der Waals surface area contributed by atoms with Gasteiger partial charge in [0, 0.05) is 10.6 Å². The van der Waals surface area contributed by atoms with Crippen LogP contribution in [0.3, 0.4) is 0 Å². The highest BCUT2D eigenvalue weighted by atomic mass is 79.9. The summed E-state index contributed by atoms with van der Waals surface area (Å²) < 4.78 is 17.7. The Kier molecular flexibility index (Phi) is 5.11. The van der Waals surface area contributed by atoms with Crippen molar-refractivity contribution in [1.82, 2.24) is 0 Å². The number of methoxy groups -OCH3 is 1. The molecule has 0 aliphatic heterocycles. The van der Waals surface area contributed by atoms with Crippen molar-refractivity contribution in [2.75, 3.05) is 12.9 Å². The first-order chi connectivity index (χ1) is 7.15. The Morgan fingerprint density at radius 1 is 1.60 bits per heavy atom. The van der Waals surface area contributed by atoms with E-state index in [1.807, 2.05) is 0 Å². The lowest BCUT2D eigenvalue weighted by molar-refractivity contribution is -0.139. The number of thioether (sulfide) groups is 1. The topological polar surface area (TPSA) is 26.3 Å². The Labute approximate surface area is 100 Å². The second kappa shape index (κ2) is 6.12. The average molecular weight is 293 g/mol. The van der Waals surface area contributed by atoms with Gasteiger partial charge >= 0.3 is 5.97 Å². The van der Waals surface area contributed by atoms with E-state index >= 15 is 0 Å². The minimum absolute atomic E-state index is 0.271. The van der Waals surface area contributed by atoms with Crippen molar-refractivity contribution in [3.8, 4) is 0 Å². The molecule has 0 fully saturated rings. The molecule has 1 atom stereocenters. The molecule has 0 radical (unpaired) electrons. The molecule has 1 aromatic carbocycles. The van der Waals surface area contributed by atoms with Crippen LogP contribution in [0.1, 0.15) is 0 Å². The standard InChI is InChI=1S/C10H10BrFO2S/c1-14-10(13)7(11)6-15-9-5-3-2-4-8(9)12/h2-5,7H,6H2,1H3. The van der Waals surface area contributed by atoms with Crippen LogP contribution in [0.25, 0.3) is 0 Å². The zero-order chi connectivity index (χ0) is 11.3. The summed E-state index contributed by atoms with van der Waals surface area (Å²) in [6.45, 7) is 0. The quantitative estimate of drug-likeness (QED) is 0.485. The molecule has 0 aromatic heterocycles. The molecule has 5 heteroatoms. The maximum absolute atomic E-state index is 13.2. The second-order valence-electron chi connectivity index (χ2n) is 2.73. The van der Waals surface area contributed by atoms with Crippen LogP contribution in [0.2, 0.25) is 0 Å². The number of hydrogen-bond donors (Lipinski definition) is 0. The zero-order valence-corrected chi connectivity index (χ0v) is 10.5. The number of hydrogen-bond acceptors (Lipinski definition) is 3. The lowest BCUT2D eigenvalue weighted by Crippen LogP contribution is -2.17. The van der Waals surface area contributed by atoms with Gasteiger partial charge in [-0.25, -0.2) is 4.39 Å². The molecule has 0 saturated carbocycles. The third-order valence-electron chi connectivity index (χ3n) is 1.68. The second-order valence-corrected chi connectivity index (χ2v) is 4.90. The molecule has 1 rings (SSSR count). The van der Waals surface area contributed by atoms with Gasteiger partial charge in [0.1, 0.15) is 10.6 Å². The molecular weight excluding hydrogens is 283 g/mol. The summed E-state index contributed by atoms with van der Waals surface area (Å²) in [4.78, 5) is 11.2. The van der Waals surface area contributed by atoms with E-state index in [-0.39, 0.29) is 11.8 Å². The van der Waals surface area contributed by atoms with Gasteiger partial charge in [0.15, 0.2) is 0 Å². The van der Waals surface area contributed by atoms with Gasteiger partial charge in [-0.15, -0.1) is 11.8 Å². The Bertz CT molecular complexity index is 346. The van der Waals surface area contributed by atoms with E-state index in [4.69, 9.17) is 0 Å². The van der Waals surface area contributed by atoms with E-state index in [1.54, 1.807) is 18.2 Å². The van der Waals surface area contributed by atoms with Gasteiger partial charge in [-0.3, -0.25) is 4.79 Å². The van der Waals surface area contributed by atoms with Gasteiger partial charge in [-0.2, -0.15) is 0 Å². The maximum Gasteiger partial charge on any atom is 0.320 e. The number of alkyl halides is 1. The Morgan fingerprint density at radius 3 is 2.87 bits per heavy atom. The first-order valence-corrected chi connectivity index (χ1v) is 6.14. The molecule has 2 nitrogen and oxygen atoms in total. The van der Waals surface area contributed by atoms with Gasteiger partial charge in [0.25, 0.3) is 0 Å². The molecule has 1 unspecified atom stereocenters. The van der Waals surface area contributed by atoms with E-state index in [0.29, 0.717) is 10.6 Å². The summed E-state index contributed by atoms with van der Waals surface area (Å²) in [5.41, 5.74) is 0. The van der Waals surface area contributed by atoms with Gasteiger partial charge in [0.2, 0.25) is 0 Å². The molecule has 0 bridgehead atoms. The molecule has 82 valence electrons. The Morgan fingerprint density at radius 2 is 2.27 bits per heavy atom. The molecule has 1 aromatic rings. The fourth-order valence-electron chi connectivity index (χ4n) is 0.921. The number of rotatable bonds is 4. The molecule has 0 heterocycles. The summed E-state index contributed by atoms with van der Waals surface area (Å²) in [5.74, 6) is -0.181. The third-order valence-corrected chi connectivity index (χ3v) is 3.95. The molecular formula is C10H10BrFO2S. The SMILES string of the molecule is COC(=O)C(Br)CSc1ccccc1F. The molecule has 0 spiro atoms. The van der Waals surface area contributed by atoms with Crippen molar-refractivity contribution >= 4 is 33.7 Å². The predicted molar refractivity (Wildman–Crippen MR) is 61.9 cm³/mol. The molecule has 0 amide bonds. The molecule has 0 N–H and O–H groups in total. The van der Waals surface area contributed by atoms with Crippen molar-refractivity contribution < 1.29 is 13.9 Å². The highest BCUT2D eigenvalue weighted by molar-refractivity contribution is 9.10. The van der Waals surface area contributed by atoms with Crippen LogP contribution in [0.5, 0.6) is 0 Å². The van der Waals surface area contributed by atoms with Gasteiger partial charge in [0.05, 0.1) is 7.11 Å². The van der Waals surface area contributed by atoms with Crippen molar-refractivity contribution in [2.45, 2.75) is 9.72 Å². The summed E-state index contributed by atoms with van der Waals surface area (Å²) >= 11 is 4.44. The van der Waals surface area contributed by atoms with Crippen LogP contribution in [-0.4, -0.2) is 23.7 Å². The van der Waals surface area contributed by atoms with Crippen molar-refractivity contribution in [2.24, 2.45) is 0 Å². The lowest BCUT2D eigenvalue weighted by atomic mass is 10.3. The van der Waals surface area contributed by atoms with Gasteiger partial charge in [-0.1, -0.05) is 28.1 Å². The van der Waals surface area contributed by atoms with E-state index in [1.165, 1.54) is 24.9 Å². The van der Waals surface area contributed by atoms with E-state index in [2.05, 4.69) is 20.7 Å². The Balaban J connectivity index is 2.50. The van der Waals surface area contributed by atoms with Crippen LogP contribution in [0.4, 0.5) is 4.39 Å². The van der Waals surface area contributed by atoms with E-state index in [9.17, 15) is 9.18 Å². The summed E-state index contributed by atoms with van der Waals surface area (Å²) in [5, 5.41) is 0. The zero-order valence-electron chi connectivity index (χ0n) is 8.07. The number of carbonyl (C=O) groups excluding carboxylic acids is 1. The third kappa shape index (κ3) is 3.83. The first-order valence-electron chi connectivity index (χ1n) is 4.24. The number of benzene rings is 1. The van der Waals surface area contributed by atoms with Crippen LogP contribution in [0, 0.1) is 5.82 Å².